The van der Waals surface area contributed by atoms with E-state index < -0.39 is 15.1 Å². The summed E-state index contributed by atoms with van der Waals surface area (Å²) in [5, 5.41) is 4.43. The van der Waals surface area contributed by atoms with Gasteiger partial charge in [0.2, 0.25) is 0 Å². The third kappa shape index (κ3) is 3.19. The molecule has 0 spiro atoms. The maximum absolute atomic E-state index is 14.3. The number of rotatable bonds is 5. The van der Waals surface area contributed by atoms with E-state index >= 15 is 0 Å². The minimum atomic E-state index is -2.76. The Hall–Kier alpha value is -2.80. The van der Waals surface area contributed by atoms with Crippen molar-refractivity contribution in [2.75, 3.05) is 0 Å². The largest absolute Gasteiger partial charge is 0.439 e. The maximum atomic E-state index is 14.3. The molecule has 1 nitrogen and oxygen atoms in total. The highest BCUT2D eigenvalue weighted by atomic mass is 31.4. The predicted molar refractivity (Wildman–Crippen MR) is 118 cm³/mol. The van der Waals surface area contributed by atoms with E-state index in [1.807, 2.05) is 48.5 Å². The molecule has 0 aliphatic heterocycles. The topological polar surface area (TPSA) is 17.1 Å². The summed E-state index contributed by atoms with van der Waals surface area (Å²) in [7, 11) is -4.42. The van der Waals surface area contributed by atoms with Gasteiger partial charge in [0.25, 0.3) is 0 Å². The molecule has 0 radical (unpaired) electrons. The Kier molecular flexibility index (Phi) is 5.11. The van der Waals surface area contributed by atoms with E-state index in [1.165, 1.54) is 15.6 Å². The van der Waals surface area contributed by atoms with E-state index in [0.717, 1.165) is 5.30 Å². The molecule has 0 fully saturated rings. The molecule has 4 aromatic rings. The van der Waals surface area contributed by atoms with Gasteiger partial charge in [-0.05, 0) is 27.7 Å². The molecule has 3 heteroatoms. The number of hydrogen-bond acceptors (Lipinski definition) is 1. The van der Waals surface area contributed by atoms with Crippen LogP contribution in [0.15, 0.2) is 121 Å². The molecule has 0 aromatic heterocycles. The zero-order valence-corrected chi connectivity index (χ0v) is 16.8. The molecule has 0 bridgehead atoms. The van der Waals surface area contributed by atoms with E-state index in [-0.39, 0.29) is 0 Å². The number of benzene rings is 4. The molecular formula is C24H20OPSi+. The van der Waals surface area contributed by atoms with Crippen molar-refractivity contribution in [1.29, 1.82) is 0 Å². The van der Waals surface area contributed by atoms with E-state index in [9.17, 15) is 4.57 Å². The van der Waals surface area contributed by atoms with Gasteiger partial charge in [0, 0.05) is 0 Å². The van der Waals surface area contributed by atoms with Crippen LogP contribution < -0.4 is 20.9 Å². The molecule has 0 aliphatic carbocycles. The molecule has 1 atom stereocenters. The third-order valence-corrected chi connectivity index (χ3v) is 14.7. The van der Waals surface area contributed by atoms with Crippen LogP contribution >= 0.6 is 7.35 Å². The molecule has 0 saturated carbocycles. The van der Waals surface area contributed by atoms with Crippen molar-refractivity contribution in [3.63, 3.8) is 0 Å². The Morgan fingerprint density at radius 3 is 1.07 bits per heavy atom. The van der Waals surface area contributed by atoms with Crippen molar-refractivity contribution in [2.24, 2.45) is 0 Å². The fourth-order valence-electron chi connectivity index (χ4n) is 3.65. The van der Waals surface area contributed by atoms with E-state index in [0.29, 0.717) is 0 Å². The molecule has 4 rings (SSSR count). The summed E-state index contributed by atoms with van der Waals surface area (Å²) in [6, 6.07) is 41.1. The summed E-state index contributed by atoms with van der Waals surface area (Å²) in [6.07, 6.45) is 0. The average molecular weight is 383 g/mol. The molecule has 0 saturated heterocycles. The zero-order chi connectivity index (χ0) is 18.5. The van der Waals surface area contributed by atoms with Crippen LogP contribution in [0.4, 0.5) is 0 Å². The highest BCUT2D eigenvalue weighted by Gasteiger charge is 2.59. The standard InChI is InChI=1S/C24H20OPSi/c25-26(21-13-5-1-6-14-21)27(22-15-7-2-8-16-22,23-17-9-3-10-18-23)24-19-11-4-12-20-24/h1-20H/q+1. The minimum absolute atomic E-state index is 0.913. The summed E-state index contributed by atoms with van der Waals surface area (Å²) in [6.45, 7) is 0. The van der Waals surface area contributed by atoms with Gasteiger partial charge in [-0.3, -0.25) is 0 Å². The molecule has 130 valence electrons. The van der Waals surface area contributed by atoms with Crippen LogP contribution in [-0.4, -0.2) is 7.74 Å². The maximum Gasteiger partial charge on any atom is 0.439 e. The Labute approximate surface area is 162 Å². The minimum Gasteiger partial charge on any atom is -0.0861 e. The SMILES string of the molecule is O=[P+](c1ccccc1)[Si](c1ccccc1)(c1ccccc1)c1ccccc1. The van der Waals surface area contributed by atoms with Gasteiger partial charge in [0.15, 0.2) is 5.30 Å². The monoisotopic (exact) mass is 383 g/mol. The van der Waals surface area contributed by atoms with Gasteiger partial charge in [0.1, 0.15) is 0 Å². The molecule has 0 heterocycles. The van der Waals surface area contributed by atoms with Crippen LogP contribution in [0.5, 0.6) is 0 Å². The molecular weight excluding hydrogens is 363 g/mol. The van der Waals surface area contributed by atoms with Gasteiger partial charge in [-0.25, -0.2) is 0 Å². The van der Waals surface area contributed by atoms with Crippen molar-refractivity contribution in [3.8, 4) is 0 Å². The van der Waals surface area contributed by atoms with Crippen LogP contribution in [-0.2, 0) is 4.57 Å². The predicted octanol–water partition coefficient (Wildman–Crippen LogP) is 3.81. The second kappa shape index (κ2) is 7.83. The first-order valence-electron chi connectivity index (χ1n) is 9.02. The van der Waals surface area contributed by atoms with Gasteiger partial charge >= 0.3 is 15.1 Å². The van der Waals surface area contributed by atoms with Crippen molar-refractivity contribution in [3.05, 3.63) is 121 Å². The Morgan fingerprint density at radius 2 is 0.741 bits per heavy atom. The van der Waals surface area contributed by atoms with Gasteiger partial charge in [-0.15, -0.1) is 0 Å². The fraction of sp³-hybridized carbons (Fsp3) is 0. The van der Waals surface area contributed by atoms with Gasteiger partial charge in [-0.1, -0.05) is 114 Å². The molecule has 1 unspecified atom stereocenters. The summed E-state index contributed by atoms with van der Waals surface area (Å²) in [5.41, 5.74) is 0. The van der Waals surface area contributed by atoms with Crippen molar-refractivity contribution in [1.82, 2.24) is 0 Å². The van der Waals surface area contributed by atoms with Crippen LogP contribution in [0, 0.1) is 0 Å². The average Bonchev–Trinajstić information content (AvgIpc) is 2.77. The summed E-state index contributed by atoms with van der Waals surface area (Å²) >= 11 is 0. The van der Waals surface area contributed by atoms with Gasteiger partial charge in [0.05, 0.1) is 0 Å². The first-order chi connectivity index (χ1) is 13.3. The summed E-state index contributed by atoms with van der Waals surface area (Å²) < 4.78 is 14.3. The van der Waals surface area contributed by atoms with E-state index in [1.54, 1.807) is 0 Å². The lowest BCUT2D eigenvalue weighted by atomic mass is 10.3. The second-order valence-corrected chi connectivity index (χ2v) is 13.9. The van der Waals surface area contributed by atoms with Crippen LogP contribution in [0.25, 0.3) is 0 Å². The lowest BCUT2D eigenvalue weighted by Gasteiger charge is -2.22. The lowest BCUT2D eigenvalue weighted by molar-refractivity contribution is 0.599. The second-order valence-electron chi connectivity index (χ2n) is 6.44. The Morgan fingerprint density at radius 1 is 0.444 bits per heavy atom. The van der Waals surface area contributed by atoms with Gasteiger partial charge < -0.3 is 0 Å². The molecule has 27 heavy (non-hydrogen) atoms. The Balaban J connectivity index is 2.08. The van der Waals surface area contributed by atoms with Crippen LogP contribution in [0.3, 0.4) is 0 Å². The van der Waals surface area contributed by atoms with Gasteiger partial charge in [-0.2, -0.15) is 0 Å². The molecule has 4 aromatic carbocycles. The molecule has 0 aliphatic rings. The van der Waals surface area contributed by atoms with Crippen molar-refractivity contribution < 1.29 is 4.57 Å². The highest BCUT2D eigenvalue weighted by molar-refractivity contribution is 7.98. The van der Waals surface area contributed by atoms with E-state index in [4.69, 9.17) is 0 Å². The fourth-order valence-corrected chi connectivity index (χ4v) is 13.3. The molecule has 0 N–H and O–H groups in total. The van der Waals surface area contributed by atoms with Crippen LogP contribution in [0.1, 0.15) is 0 Å². The quantitative estimate of drug-likeness (QED) is 0.291. The van der Waals surface area contributed by atoms with E-state index in [2.05, 4.69) is 72.8 Å². The Bertz CT molecular complexity index is 922. The highest BCUT2D eigenvalue weighted by Crippen LogP contribution is 2.34. The number of hydrogen-bond donors (Lipinski definition) is 0. The lowest BCUT2D eigenvalue weighted by Crippen LogP contribution is -2.65. The zero-order valence-electron chi connectivity index (χ0n) is 14.9. The third-order valence-electron chi connectivity index (χ3n) is 4.87. The molecule has 0 amide bonds. The van der Waals surface area contributed by atoms with Crippen LogP contribution in [0.2, 0.25) is 0 Å². The smallest absolute Gasteiger partial charge is 0.0861 e. The summed E-state index contributed by atoms with van der Waals surface area (Å²) in [4.78, 5) is 0. The normalized spacial score (nSPS) is 11.8. The van der Waals surface area contributed by atoms with Crippen molar-refractivity contribution >= 4 is 36.0 Å². The first kappa shape index (κ1) is 17.6. The summed E-state index contributed by atoms with van der Waals surface area (Å²) in [5.74, 6) is 0. The van der Waals surface area contributed by atoms with Crippen molar-refractivity contribution in [2.45, 2.75) is 0 Å². The first-order valence-corrected chi connectivity index (χ1v) is 13.1.